The molecule has 1 saturated heterocycles. The van der Waals surface area contributed by atoms with Gasteiger partial charge in [-0.2, -0.15) is 5.26 Å². The third-order valence-corrected chi connectivity index (χ3v) is 3.59. The lowest BCUT2D eigenvalue weighted by molar-refractivity contribution is 0.0293. The van der Waals surface area contributed by atoms with Crippen molar-refractivity contribution in [2.24, 2.45) is 5.92 Å². The maximum absolute atomic E-state index is 9.84. The average Bonchev–Trinajstić information content (AvgIpc) is 2.74. The van der Waals surface area contributed by atoms with Gasteiger partial charge in [0.15, 0.2) is 0 Å². The van der Waals surface area contributed by atoms with Gasteiger partial charge in [-0.15, -0.1) is 0 Å². The van der Waals surface area contributed by atoms with Gasteiger partial charge in [0.2, 0.25) is 0 Å². The third-order valence-electron chi connectivity index (χ3n) is 3.59. The minimum absolute atomic E-state index is 0.0238. The number of nitrogens with zero attached hydrogens (tertiary/aromatic N) is 1. The summed E-state index contributed by atoms with van der Waals surface area (Å²) in [6, 6.07) is 2.13. The molecule has 19 heavy (non-hydrogen) atoms. The van der Waals surface area contributed by atoms with E-state index in [9.17, 15) is 5.11 Å². The molecule has 1 fully saturated rings. The molecule has 0 spiro atoms. The Kier molecular flexibility index (Phi) is 7.07. The summed E-state index contributed by atoms with van der Waals surface area (Å²) in [5.41, 5.74) is 1.09. The van der Waals surface area contributed by atoms with E-state index in [1.807, 2.05) is 6.92 Å². The van der Waals surface area contributed by atoms with Gasteiger partial charge in [0, 0.05) is 12.5 Å². The summed E-state index contributed by atoms with van der Waals surface area (Å²) in [6.45, 7) is 6.04. The molecule has 1 heterocycles. The second kappa shape index (κ2) is 8.31. The molecule has 0 aromatic rings. The monoisotopic (exact) mass is 267 g/mol. The van der Waals surface area contributed by atoms with Gasteiger partial charge in [0.05, 0.1) is 24.4 Å². The van der Waals surface area contributed by atoms with Crippen molar-refractivity contribution >= 4 is 0 Å². The van der Waals surface area contributed by atoms with Crippen LogP contribution in [0.3, 0.4) is 0 Å². The molecule has 4 nitrogen and oxygen atoms in total. The molecule has 0 aromatic carbocycles. The molecular weight excluding hydrogens is 242 g/mol. The summed E-state index contributed by atoms with van der Waals surface area (Å²) < 4.78 is 5.87. The van der Waals surface area contributed by atoms with Crippen molar-refractivity contribution in [3.05, 3.63) is 12.2 Å². The van der Waals surface area contributed by atoms with Gasteiger partial charge >= 0.3 is 0 Å². The lowest BCUT2D eigenvalue weighted by Gasteiger charge is -2.16. The van der Waals surface area contributed by atoms with Crippen LogP contribution >= 0.6 is 0 Å². The maximum Gasteiger partial charge on any atom is 0.0788 e. The zero-order chi connectivity index (χ0) is 14.3. The Morgan fingerprint density at radius 2 is 2.26 bits per heavy atom. The van der Waals surface area contributed by atoms with Gasteiger partial charge in [-0.05, 0) is 51.0 Å². The average molecular weight is 267 g/mol. The topological polar surface area (TPSA) is 73.5 Å². The fourth-order valence-corrected chi connectivity index (χ4v) is 2.48. The highest BCUT2D eigenvalue weighted by atomic mass is 16.5. The number of aliphatic hydroxyl groups excluding tert-OH is 2. The largest absolute Gasteiger partial charge is 0.396 e. The lowest BCUT2D eigenvalue weighted by atomic mass is 9.98. The quantitative estimate of drug-likeness (QED) is 0.661. The Morgan fingerprint density at radius 1 is 1.53 bits per heavy atom. The van der Waals surface area contributed by atoms with Crippen molar-refractivity contribution in [3.8, 4) is 6.07 Å². The number of hydrogen-bond donors (Lipinski definition) is 2. The molecule has 1 aliphatic rings. The highest BCUT2D eigenvalue weighted by Crippen LogP contribution is 2.30. The van der Waals surface area contributed by atoms with Gasteiger partial charge in [0.1, 0.15) is 0 Å². The Balaban J connectivity index is 2.26. The molecule has 4 heteroatoms. The lowest BCUT2D eigenvalue weighted by Crippen LogP contribution is -2.17. The molecule has 2 N–H and O–H groups in total. The van der Waals surface area contributed by atoms with Crippen molar-refractivity contribution in [2.45, 2.75) is 63.8 Å². The molecule has 0 aliphatic carbocycles. The maximum atomic E-state index is 9.84. The summed E-state index contributed by atoms with van der Waals surface area (Å²) in [5, 5.41) is 27.3. The molecule has 0 amide bonds. The molecule has 0 bridgehead atoms. The van der Waals surface area contributed by atoms with Crippen LogP contribution in [0, 0.1) is 17.2 Å². The molecule has 0 radical (unpaired) electrons. The van der Waals surface area contributed by atoms with E-state index < -0.39 is 6.10 Å². The van der Waals surface area contributed by atoms with Crippen LogP contribution in [0.1, 0.15) is 45.4 Å². The second-order valence-electron chi connectivity index (χ2n) is 5.47. The molecule has 0 saturated carbocycles. The highest BCUT2D eigenvalue weighted by Gasteiger charge is 2.28. The number of aliphatic hydroxyl groups is 2. The van der Waals surface area contributed by atoms with Gasteiger partial charge in [0.25, 0.3) is 0 Å². The molecule has 108 valence electrons. The van der Waals surface area contributed by atoms with Crippen LogP contribution in [-0.4, -0.2) is 35.1 Å². The zero-order valence-electron chi connectivity index (χ0n) is 11.7. The first-order chi connectivity index (χ1) is 9.06. The van der Waals surface area contributed by atoms with E-state index in [0.717, 1.165) is 31.3 Å². The fraction of sp³-hybridized carbons (Fsp3) is 0.800. The second-order valence-corrected chi connectivity index (χ2v) is 5.47. The SMILES string of the molecule is C=C1C[C@H](CCCO)O[C@H]1CC[C@@H](O)CC(C)C#N. The van der Waals surface area contributed by atoms with Gasteiger partial charge < -0.3 is 14.9 Å². The van der Waals surface area contributed by atoms with E-state index in [-0.39, 0.29) is 24.7 Å². The Bertz CT molecular complexity index is 324. The minimum Gasteiger partial charge on any atom is -0.396 e. The Morgan fingerprint density at radius 3 is 2.89 bits per heavy atom. The first kappa shape index (κ1) is 16.2. The fourth-order valence-electron chi connectivity index (χ4n) is 2.48. The van der Waals surface area contributed by atoms with E-state index in [2.05, 4.69) is 12.6 Å². The predicted molar refractivity (Wildman–Crippen MR) is 73.4 cm³/mol. The van der Waals surface area contributed by atoms with Crippen LogP contribution in [0.5, 0.6) is 0 Å². The first-order valence-corrected chi connectivity index (χ1v) is 7.08. The summed E-state index contributed by atoms with van der Waals surface area (Å²) >= 11 is 0. The van der Waals surface area contributed by atoms with E-state index in [1.54, 1.807) is 0 Å². The highest BCUT2D eigenvalue weighted by molar-refractivity contribution is 5.09. The van der Waals surface area contributed by atoms with Crippen molar-refractivity contribution in [1.82, 2.24) is 0 Å². The molecule has 0 aromatic heterocycles. The normalized spacial score (nSPS) is 26.1. The van der Waals surface area contributed by atoms with E-state index in [4.69, 9.17) is 15.1 Å². The first-order valence-electron chi connectivity index (χ1n) is 7.08. The van der Waals surface area contributed by atoms with Crippen molar-refractivity contribution < 1.29 is 14.9 Å². The summed E-state index contributed by atoms with van der Waals surface area (Å²) in [6.07, 6.45) is 4.14. The van der Waals surface area contributed by atoms with Crippen LogP contribution in [0.2, 0.25) is 0 Å². The predicted octanol–water partition coefficient (Wildman–Crippen LogP) is 2.16. The molecule has 1 rings (SSSR count). The zero-order valence-corrected chi connectivity index (χ0v) is 11.7. The van der Waals surface area contributed by atoms with Crippen molar-refractivity contribution in [3.63, 3.8) is 0 Å². The Hall–Kier alpha value is -0.890. The number of nitriles is 1. The van der Waals surface area contributed by atoms with Gasteiger partial charge in [-0.3, -0.25) is 0 Å². The van der Waals surface area contributed by atoms with E-state index >= 15 is 0 Å². The van der Waals surface area contributed by atoms with Crippen LogP contribution in [0.15, 0.2) is 12.2 Å². The Labute approximate surface area is 115 Å². The molecule has 4 atom stereocenters. The van der Waals surface area contributed by atoms with Gasteiger partial charge in [-0.25, -0.2) is 0 Å². The number of hydrogen-bond acceptors (Lipinski definition) is 4. The van der Waals surface area contributed by atoms with Crippen LogP contribution in [0.25, 0.3) is 0 Å². The van der Waals surface area contributed by atoms with Crippen molar-refractivity contribution in [1.29, 1.82) is 5.26 Å². The third kappa shape index (κ3) is 5.73. The summed E-state index contributed by atoms with van der Waals surface area (Å²) in [7, 11) is 0. The van der Waals surface area contributed by atoms with Gasteiger partial charge in [-0.1, -0.05) is 6.58 Å². The summed E-state index contributed by atoms with van der Waals surface area (Å²) in [4.78, 5) is 0. The van der Waals surface area contributed by atoms with E-state index in [1.165, 1.54) is 0 Å². The standard InChI is InChI=1S/C15H25NO3/c1-11(10-16)8-13(18)5-6-15-12(2)9-14(19-15)4-3-7-17/h11,13-15,17-18H,2-9H2,1H3/t11?,13-,14+,15+/m1/s1. The van der Waals surface area contributed by atoms with E-state index in [0.29, 0.717) is 12.8 Å². The molecule has 1 unspecified atom stereocenters. The summed E-state index contributed by atoms with van der Waals surface area (Å²) in [5.74, 6) is -0.111. The van der Waals surface area contributed by atoms with Crippen molar-refractivity contribution in [2.75, 3.05) is 6.61 Å². The smallest absolute Gasteiger partial charge is 0.0788 e. The molecular formula is C15H25NO3. The number of ether oxygens (including phenoxy) is 1. The van der Waals surface area contributed by atoms with Crippen LogP contribution in [0.4, 0.5) is 0 Å². The van der Waals surface area contributed by atoms with Crippen LogP contribution < -0.4 is 0 Å². The minimum atomic E-state index is -0.442. The molecule has 1 aliphatic heterocycles. The van der Waals surface area contributed by atoms with Crippen LogP contribution in [-0.2, 0) is 4.74 Å². The number of rotatable bonds is 8.